The van der Waals surface area contributed by atoms with Gasteiger partial charge in [0.15, 0.2) is 5.96 Å². The molecule has 150 valence electrons. The summed E-state index contributed by atoms with van der Waals surface area (Å²) in [6.07, 6.45) is 1.73. The SMILES string of the molecule is CCNC(=NCCOc1ccccc1C(C)C)NC1CCN(C(N)=O)CC1. The van der Waals surface area contributed by atoms with Crippen molar-refractivity contribution in [2.45, 2.75) is 45.6 Å². The molecule has 1 saturated heterocycles. The van der Waals surface area contributed by atoms with Gasteiger partial charge in [0.25, 0.3) is 0 Å². The quantitative estimate of drug-likeness (QED) is 0.387. The highest BCUT2D eigenvalue weighted by molar-refractivity contribution is 5.80. The third kappa shape index (κ3) is 6.66. The standard InChI is InChI=1S/C20H33N5O2/c1-4-22-20(24-16-9-12-25(13-10-16)19(21)26)23-11-14-27-18-8-6-5-7-17(18)15(2)3/h5-8,15-16H,4,9-14H2,1-3H3,(H2,21,26)(H2,22,23,24). The maximum absolute atomic E-state index is 11.2. The number of nitrogens with one attached hydrogen (secondary N) is 2. The summed E-state index contributed by atoms with van der Waals surface area (Å²) in [5.74, 6) is 2.14. The molecule has 7 nitrogen and oxygen atoms in total. The minimum absolute atomic E-state index is 0.293. The van der Waals surface area contributed by atoms with Gasteiger partial charge in [0.2, 0.25) is 0 Å². The van der Waals surface area contributed by atoms with Crippen molar-refractivity contribution in [3.05, 3.63) is 29.8 Å². The predicted molar refractivity (Wildman–Crippen MR) is 109 cm³/mol. The zero-order valence-corrected chi connectivity index (χ0v) is 16.7. The molecule has 27 heavy (non-hydrogen) atoms. The Balaban J connectivity index is 1.83. The van der Waals surface area contributed by atoms with Crippen LogP contribution in [0.5, 0.6) is 5.75 Å². The monoisotopic (exact) mass is 375 g/mol. The lowest BCUT2D eigenvalue weighted by Crippen LogP contribution is -2.50. The number of nitrogens with zero attached hydrogens (tertiary/aromatic N) is 2. The molecule has 2 rings (SSSR count). The first-order valence-corrected chi connectivity index (χ1v) is 9.82. The van der Waals surface area contributed by atoms with E-state index < -0.39 is 0 Å². The lowest BCUT2D eigenvalue weighted by atomic mass is 10.0. The van der Waals surface area contributed by atoms with Gasteiger partial charge in [-0.15, -0.1) is 0 Å². The van der Waals surface area contributed by atoms with Crippen molar-refractivity contribution in [1.29, 1.82) is 0 Å². The van der Waals surface area contributed by atoms with Crippen LogP contribution in [-0.4, -0.2) is 55.7 Å². The van der Waals surface area contributed by atoms with E-state index in [1.54, 1.807) is 4.90 Å². The van der Waals surface area contributed by atoms with Crippen LogP contribution >= 0.6 is 0 Å². The van der Waals surface area contributed by atoms with Gasteiger partial charge in [-0.2, -0.15) is 0 Å². The summed E-state index contributed by atoms with van der Waals surface area (Å²) in [7, 11) is 0. The minimum Gasteiger partial charge on any atom is -0.491 e. The van der Waals surface area contributed by atoms with Crippen LogP contribution < -0.4 is 21.1 Å². The molecule has 0 atom stereocenters. The number of rotatable bonds is 7. The molecule has 1 aliphatic heterocycles. The molecule has 0 aliphatic carbocycles. The van der Waals surface area contributed by atoms with Crippen LogP contribution in [0.4, 0.5) is 4.79 Å². The number of guanidine groups is 1. The Hall–Kier alpha value is -2.44. The van der Waals surface area contributed by atoms with Gasteiger partial charge in [0.05, 0.1) is 6.54 Å². The summed E-state index contributed by atoms with van der Waals surface area (Å²) >= 11 is 0. The minimum atomic E-state index is -0.340. The first-order chi connectivity index (χ1) is 13.0. The number of carbonyl (C=O) groups is 1. The van der Waals surface area contributed by atoms with Crippen molar-refractivity contribution in [2.75, 3.05) is 32.8 Å². The van der Waals surface area contributed by atoms with Crippen molar-refractivity contribution < 1.29 is 9.53 Å². The summed E-state index contributed by atoms with van der Waals surface area (Å²) in [5, 5.41) is 6.72. The summed E-state index contributed by atoms with van der Waals surface area (Å²) in [5.41, 5.74) is 6.55. The summed E-state index contributed by atoms with van der Waals surface area (Å²) in [4.78, 5) is 17.5. The van der Waals surface area contributed by atoms with Gasteiger partial charge < -0.3 is 26.0 Å². The van der Waals surface area contributed by atoms with Crippen molar-refractivity contribution >= 4 is 12.0 Å². The zero-order chi connectivity index (χ0) is 19.6. The molecule has 1 aromatic rings. The fourth-order valence-corrected chi connectivity index (χ4v) is 3.16. The van der Waals surface area contributed by atoms with Crippen molar-refractivity contribution in [1.82, 2.24) is 15.5 Å². The third-order valence-electron chi connectivity index (χ3n) is 4.65. The molecule has 1 aromatic carbocycles. The normalized spacial score (nSPS) is 15.7. The molecule has 4 N–H and O–H groups in total. The summed E-state index contributed by atoms with van der Waals surface area (Å²) < 4.78 is 5.94. The van der Waals surface area contributed by atoms with E-state index in [1.807, 2.05) is 25.1 Å². The van der Waals surface area contributed by atoms with Crippen LogP contribution in [0.2, 0.25) is 0 Å². The molecule has 2 amide bonds. The van der Waals surface area contributed by atoms with Crippen LogP contribution in [0.3, 0.4) is 0 Å². The number of likely N-dealkylation sites (tertiary alicyclic amines) is 1. The number of para-hydroxylation sites is 1. The summed E-state index contributed by atoms with van der Waals surface area (Å²) in [6, 6.07) is 8.10. The van der Waals surface area contributed by atoms with E-state index in [2.05, 4.69) is 35.5 Å². The highest BCUT2D eigenvalue weighted by atomic mass is 16.5. The van der Waals surface area contributed by atoms with Crippen LogP contribution in [-0.2, 0) is 0 Å². The van der Waals surface area contributed by atoms with Gasteiger partial charge in [0, 0.05) is 25.7 Å². The Bertz CT molecular complexity index is 625. The Kier molecular flexibility index (Phi) is 8.23. The Labute approximate surface area is 162 Å². The number of hydrogen-bond donors (Lipinski definition) is 3. The van der Waals surface area contributed by atoms with E-state index in [1.165, 1.54) is 5.56 Å². The number of benzene rings is 1. The van der Waals surface area contributed by atoms with E-state index in [0.717, 1.165) is 31.1 Å². The van der Waals surface area contributed by atoms with Gasteiger partial charge in [-0.1, -0.05) is 32.0 Å². The molecule has 1 fully saturated rings. The van der Waals surface area contributed by atoms with Gasteiger partial charge in [-0.3, -0.25) is 0 Å². The van der Waals surface area contributed by atoms with Gasteiger partial charge in [0.1, 0.15) is 12.4 Å². The first kappa shape index (κ1) is 20.9. The molecule has 1 heterocycles. The number of amides is 2. The molecule has 0 saturated carbocycles. The predicted octanol–water partition coefficient (Wildman–Crippen LogP) is 2.29. The highest BCUT2D eigenvalue weighted by Crippen LogP contribution is 2.25. The van der Waals surface area contributed by atoms with Gasteiger partial charge in [-0.25, -0.2) is 9.79 Å². The first-order valence-electron chi connectivity index (χ1n) is 9.82. The number of ether oxygens (including phenoxy) is 1. The smallest absolute Gasteiger partial charge is 0.314 e. The molecule has 1 aliphatic rings. The molecule has 0 spiro atoms. The number of hydrogen-bond acceptors (Lipinski definition) is 3. The second-order valence-electron chi connectivity index (χ2n) is 7.05. The lowest BCUT2D eigenvalue weighted by molar-refractivity contribution is 0.188. The molecular weight excluding hydrogens is 342 g/mol. The van der Waals surface area contributed by atoms with Crippen LogP contribution in [0, 0.1) is 0 Å². The number of carbonyl (C=O) groups excluding carboxylic acids is 1. The Morgan fingerprint density at radius 3 is 2.67 bits per heavy atom. The van der Waals surface area contributed by atoms with Crippen LogP contribution in [0.15, 0.2) is 29.3 Å². The maximum atomic E-state index is 11.2. The van der Waals surface area contributed by atoms with Crippen molar-refractivity contribution in [2.24, 2.45) is 10.7 Å². The number of primary amides is 1. The van der Waals surface area contributed by atoms with Crippen LogP contribution in [0.25, 0.3) is 0 Å². The average Bonchev–Trinajstić information content (AvgIpc) is 2.66. The van der Waals surface area contributed by atoms with Crippen LogP contribution in [0.1, 0.15) is 45.1 Å². The zero-order valence-electron chi connectivity index (χ0n) is 16.7. The molecule has 7 heteroatoms. The fraction of sp³-hybridized carbons (Fsp3) is 0.600. The Morgan fingerprint density at radius 2 is 2.04 bits per heavy atom. The van der Waals surface area contributed by atoms with E-state index in [9.17, 15) is 4.79 Å². The topological polar surface area (TPSA) is 92.0 Å². The molecule has 0 bridgehead atoms. The molecule has 0 unspecified atom stereocenters. The number of piperidine rings is 1. The van der Waals surface area contributed by atoms with E-state index in [-0.39, 0.29) is 6.03 Å². The third-order valence-corrected chi connectivity index (χ3v) is 4.65. The second kappa shape index (κ2) is 10.6. The second-order valence-corrected chi connectivity index (χ2v) is 7.05. The van der Waals surface area contributed by atoms with Gasteiger partial charge in [-0.05, 0) is 37.3 Å². The molecule has 0 aromatic heterocycles. The average molecular weight is 376 g/mol. The molecule has 0 radical (unpaired) electrons. The summed E-state index contributed by atoms with van der Waals surface area (Å²) in [6.45, 7) is 9.63. The number of urea groups is 1. The molecular formula is C20H33N5O2. The lowest BCUT2D eigenvalue weighted by Gasteiger charge is -2.32. The van der Waals surface area contributed by atoms with Gasteiger partial charge >= 0.3 is 6.03 Å². The van der Waals surface area contributed by atoms with E-state index in [4.69, 9.17) is 10.5 Å². The number of aliphatic imine (C=N–C) groups is 1. The number of nitrogens with two attached hydrogens (primary N) is 1. The van der Waals surface area contributed by atoms with E-state index in [0.29, 0.717) is 38.2 Å². The van der Waals surface area contributed by atoms with Crippen molar-refractivity contribution in [3.63, 3.8) is 0 Å². The fourth-order valence-electron chi connectivity index (χ4n) is 3.16. The highest BCUT2D eigenvalue weighted by Gasteiger charge is 2.21. The van der Waals surface area contributed by atoms with Crippen molar-refractivity contribution in [3.8, 4) is 5.75 Å². The largest absolute Gasteiger partial charge is 0.491 e. The van der Waals surface area contributed by atoms with E-state index >= 15 is 0 Å². The Morgan fingerprint density at radius 1 is 1.33 bits per heavy atom. The maximum Gasteiger partial charge on any atom is 0.314 e.